The molecule has 1 aliphatic rings. The van der Waals surface area contributed by atoms with Gasteiger partial charge in [-0.2, -0.15) is 0 Å². The fourth-order valence-corrected chi connectivity index (χ4v) is 2.05. The topological polar surface area (TPSA) is 54.0 Å². The van der Waals surface area contributed by atoms with E-state index >= 15 is 0 Å². The first-order valence-electron chi connectivity index (χ1n) is 5.26. The molecule has 0 aliphatic heterocycles. The molecule has 2 amide bonds. The highest BCUT2D eigenvalue weighted by atomic mass is 32.1. The van der Waals surface area contributed by atoms with Crippen LogP contribution in [0, 0.1) is 0 Å². The standard InChI is InChI=1S/C10H15N3OS/c14-10(13-8-2-1-3-8)11-5-4-9-6-15-7-12-9/h6-8H,1-5H2,(H2,11,13,14). The Hall–Kier alpha value is -1.10. The van der Waals surface area contributed by atoms with Crippen LogP contribution in [0.5, 0.6) is 0 Å². The quantitative estimate of drug-likeness (QED) is 0.816. The van der Waals surface area contributed by atoms with Crippen LogP contribution in [0.1, 0.15) is 25.0 Å². The first kappa shape index (κ1) is 10.4. The molecule has 0 unspecified atom stereocenters. The van der Waals surface area contributed by atoms with Crippen molar-refractivity contribution in [2.24, 2.45) is 0 Å². The molecule has 0 aromatic carbocycles. The molecule has 1 heterocycles. The number of thiazole rings is 1. The van der Waals surface area contributed by atoms with Gasteiger partial charge in [0.1, 0.15) is 0 Å². The van der Waals surface area contributed by atoms with Gasteiger partial charge in [0, 0.05) is 24.4 Å². The number of carbonyl (C=O) groups excluding carboxylic acids is 1. The zero-order valence-corrected chi connectivity index (χ0v) is 9.35. The summed E-state index contributed by atoms with van der Waals surface area (Å²) in [5.74, 6) is 0. The molecule has 0 atom stereocenters. The maximum atomic E-state index is 11.3. The normalized spacial score (nSPS) is 15.7. The van der Waals surface area contributed by atoms with E-state index in [1.54, 1.807) is 11.3 Å². The van der Waals surface area contributed by atoms with E-state index in [0.29, 0.717) is 12.6 Å². The SMILES string of the molecule is O=C(NCCc1cscn1)NC1CCC1. The van der Waals surface area contributed by atoms with Crippen molar-refractivity contribution in [3.63, 3.8) is 0 Å². The molecule has 1 aromatic rings. The molecule has 15 heavy (non-hydrogen) atoms. The third-order valence-electron chi connectivity index (χ3n) is 2.59. The average Bonchev–Trinajstić information content (AvgIpc) is 2.64. The van der Waals surface area contributed by atoms with Gasteiger partial charge in [0.15, 0.2) is 0 Å². The molecule has 5 heteroatoms. The van der Waals surface area contributed by atoms with Crippen LogP contribution in [0.25, 0.3) is 0 Å². The van der Waals surface area contributed by atoms with Crippen molar-refractivity contribution in [2.45, 2.75) is 31.7 Å². The van der Waals surface area contributed by atoms with Gasteiger partial charge < -0.3 is 10.6 Å². The van der Waals surface area contributed by atoms with Gasteiger partial charge in [-0.15, -0.1) is 11.3 Å². The summed E-state index contributed by atoms with van der Waals surface area (Å²) in [5, 5.41) is 7.77. The molecule has 0 saturated heterocycles. The van der Waals surface area contributed by atoms with Gasteiger partial charge in [0.25, 0.3) is 0 Å². The molecular formula is C10H15N3OS. The summed E-state index contributed by atoms with van der Waals surface area (Å²) in [5.41, 5.74) is 2.85. The monoisotopic (exact) mass is 225 g/mol. The molecule has 1 fully saturated rings. The predicted molar refractivity (Wildman–Crippen MR) is 60.0 cm³/mol. The molecular weight excluding hydrogens is 210 g/mol. The summed E-state index contributed by atoms with van der Waals surface area (Å²) in [6, 6.07) is 0.360. The average molecular weight is 225 g/mol. The first-order chi connectivity index (χ1) is 7.34. The minimum atomic E-state index is -0.0464. The summed E-state index contributed by atoms with van der Waals surface area (Å²) >= 11 is 1.58. The smallest absolute Gasteiger partial charge is 0.315 e. The lowest BCUT2D eigenvalue weighted by Crippen LogP contribution is -2.45. The molecule has 0 radical (unpaired) electrons. The van der Waals surface area contributed by atoms with Crippen LogP contribution >= 0.6 is 11.3 Å². The van der Waals surface area contributed by atoms with E-state index in [-0.39, 0.29) is 6.03 Å². The van der Waals surface area contributed by atoms with Crippen molar-refractivity contribution < 1.29 is 4.79 Å². The van der Waals surface area contributed by atoms with Gasteiger partial charge >= 0.3 is 6.03 Å². The van der Waals surface area contributed by atoms with Crippen LogP contribution in [-0.4, -0.2) is 23.6 Å². The number of nitrogens with zero attached hydrogens (tertiary/aromatic N) is 1. The number of carbonyl (C=O) groups is 1. The molecule has 2 N–H and O–H groups in total. The Kier molecular flexibility index (Phi) is 3.55. The zero-order valence-electron chi connectivity index (χ0n) is 8.53. The van der Waals surface area contributed by atoms with Crippen molar-refractivity contribution in [1.29, 1.82) is 0 Å². The third kappa shape index (κ3) is 3.20. The van der Waals surface area contributed by atoms with Gasteiger partial charge in [0.05, 0.1) is 11.2 Å². The number of rotatable bonds is 4. The van der Waals surface area contributed by atoms with Gasteiger partial charge in [-0.3, -0.25) is 0 Å². The Labute approximate surface area is 93.1 Å². The summed E-state index contributed by atoms with van der Waals surface area (Å²) < 4.78 is 0. The number of hydrogen-bond acceptors (Lipinski definition) is 3. The van der Waals surface area contributed by atoms with E-state index in [9.17, 15) is 4.79 Å². The molecule has 0 bridgehead atoms. The van der Waals surface area contributed by atoms with Crippen molar-refractivity contribution in [1.82, 2.24) is 15.6 Å². The summed E-state index contributed by atoms with van der Waals surface area (Å²) in [4.78, 5) is 15.5. The van der Waals surface area contributed by atoms with Crippen LogP contribution in [0.2, 0.25) is 0 Å². The van der Waals surface area contributed by atoms with Crippen molar-refractivity contribution in [3.8, 4) is 0 Å². The van der Waals surface area contributed by atoms with Crippen molar-refractivity contribution >= 4 is 17.4 Å². The predicted octanol–water partition coefficient (Wildman–Crippen LogP) is 1.54. The lowest BCUT2D eigenvalue weighted by atomic mass is 9.93. The second kappa shape index (κ2) is 5.11. The Balaban J connectivity index is 1.58. The van der Waals surface area contributed by atoms with Crippen molar-refractivity contribution in [2.75, 3.05) is 6.54 Å². The number of urea groups is 1. The van der Waals surface area contributed by atoms with E-state index < -0.39 is 0 Å². The van der Waals surface area contributed by atoms with E-state index in [1.807, 2.05) is 10.9 Å². The van der Waals surface area contributed by atoms with Gasteiger partial charge in [0.2, 0.25) is 0 Å². The van der Waals surface area contributed by atoms with Crippen LogP contribution in [-0.2, 0) is 6.42 Å². The second-order valence-electron chi connectivity index (χ2n) is 3.76. The highest BCUT2D eigenvalue weighted by Crippen LogP contribution is 2.17. The first-order valence-corrected chi connectivity index (χ1v) is 6.20. The van der Waals surface area contributed by atoms with Crippen molar-refractivity contribution in [3.05, 3.63) is 16.6 Å². The van der Waals surface area contributed by atoms with Crippen LogP contribution in [0.4, 0.5) is 4.79 Å². The zero-order chi connectivity index (χ0) is 10.5. The fourth-order valence-electron chi connectivity index (χ4n) is 1.45. The maximum absolute atomic E-state index is 11.3. The van der Waals surface area contributed by atoms with Crippen LogP contribution in [0.15, 0.2) is 10.9 Å². The maximum Gasteiger partial charge on any atom is 0.315 e. The van der Waals surface area contributed by atoms with E-state index in [1.165, 1.54) is 6.42 Å². The lowest BCUT2D eigenvalue weighted by Gasteiger charge is -2.26. The third-order valence-corrected chi connectivity index (χ3v) is 3.23. The Morgan fingerprint density at radius 2 is 2.47 bits per heavy atom. The minimum absolute atomic E-state index is 0.0464. The highest BCUT2D eigenvalue weighted by molar-refractivity contribution is 7.07. The number of nitrogens with one attached hydrogen (secondary N) is 2. The Bertz CT molecular complexity index is 308. The van der Waals surface area contributed by atoms with Gasteiger partial charge in [-0.1, -0.05) is 0 Å². The Morgan fingerprint density at radius 3 is 3.07 bits per heavy atom. The minimum Gasteiger partial charge on any atom is -0.338 e. The molecule has 2 rings (SSSR count). The second-order valence-corrected chi connectivity index (χ2v) is 4.48. The molecule has 1 aromatic heterocycles. The van der Waals surface area contributed by atoms with E-state index in [0.717, 1.165) is 25.0 Å². The van der Waals surface area contributed by atoms with Crippen LogP contribution in [0.3, 0.4) is 0 Å². The largest absolute Gasteiger partial charge is 0.338 e. The fraction of sp³-hybridized carbons (Fsp3) is 0.600. The summed E-state index contributed by atoms with van der Waals surface area (Å²) in [6.07, 6.45) is 4.30. The Morgan fingerprint density at radius 1 is 1.60 bits per heavy atom. The summed E-state index contributed by atoms with van der Waals surface area (Å²) in [7, 11) is 0. The lowest BCUT2D eigenvalue weighted by molar-refractivity contribution is 0.228. The molecule has 0 spiro atoms. The molecule has 82 valence electrons. The van der Waals surface area contributed by atoms with Crippen LogP contribution < -0.4 is 10.6 Å². The molecule has 1 saturated carbocycles. The van der Waals surface area contributed by atoms with E-state index in [4.69, 9.17) is 0 Å². The van der Waals surface area contributed by atoms with Gasteiger partial charge in [-0.25, -0.2) is 9.78 Å². The molecule has 1 aliphatic carbocycles. The number of amides is 2. The summed E-state index contributed by atoms with van der Waals surface area (Å²) in [6.45, 7) is 0.655. The number of aromatic nitrogens is 1. The highest BCUT2D eigenvalue weighted by Gasteiger charge is 2.18. The van der Waals surface area contributed by atoms with Gasteiger partial charge in [-0.05, 0) is 19.3 Å². The number of hydrogen-bond donors (Lipinski definition) is 2. The van der Waals surface area contributed by atoms with E-state index in [2.05, 4.69) is 15.6 Å². The molecule has 4 nitrogen and oxygen atoms in total.